The summed E-state index contributed by atoms with van der Waals surface area (Å²) < 4.78 is 11.0. The van der Waals surface area contributed by atoms with Gasteiger partial charge in [-0.3, -0.25) is 0 Å². The summed E-state index contributed by atoms with van der Waals surface area (Å²) in [6.45, 7) is 4.94. The minimum Gasteiger partial charge on any atom is -0.491 e. The lowest BCUT2D eigenvalue weighted by molar-refractivity contribution is -0.0225. The highest BCUT2D eigenvalue weighted by atomic mass is 16.5. The third-order valence-corrected chi connectivity index (χ3v) is 2.38. The van der Waals surface area contributed by atoms with Crippen LogP contribution in [0.15, 0.2) is 23.6 Å². The molecule has 0 fully saturated rings. The second-order valence-corrected chi connectivity index (χ2v) is 3.79. The van der Waals surface area contributed by atoms with E-state index in [9.17, 15) is 0 Å². The third-order valence-electron chi connectivity index (χ3n) is 2.38. The first-order valence-corrected chi connectivity index (χ1v) is 5.71. The van der Waals surface area contributed by atoms with Crippen LogP contribution in [0.3, 0.4) is 0 Å². The van der Waals surface area contributed by atoms with Crippen molar-refractivity contribution in [2.75, 3.05) is 27.3 Å². The Balaban J connectivity index is 3.07. The fourth-order valence-electron chi connectivity index (χ4n) is 1.64. The van der Waals surface area contributed by atoms with E-state index >= 15 is 0 Å². The maximum atomic E-state index is 8.96. The lowest BCUT2D eigenvalue weighted by atomic mass is 10.0. The van der Waals surface area contributed by atoms with Gasteiger partial charge in [-0.1, -0.05) is 0 Å². The van der Waals surface area contributed by atoms with Crippen molar-refractivity contribution in [2.24, 2.45) is 0 Å². The molecule has 1 rings (SSSR count). The van der Waals surface area contributed by atoms with E-state index in [-0.39, 0.29) is 6.10 Å². The number of hydrogen-bond acceptors (Lipinski definition) is 3. The predicted molar refractivity (Wildman–Crippen MR) is 65.5 cm³/mol. The van der Waals surface area contributed by atoms with Gasteiger partial charge in [0.15, 0.2) is 6.10 Å². The molecule has 17 heavy (non-hydrogen) atoms. The van der Waals surface area contributed by atoms with Gasteiger partial charge in [0.2, 0.25) is 0 Å². The van der Waals surface area contributed by atoms with E-state index < -0.39 is 0 Å². The molecule has 0 spiro atoms. The van der Waals surface area contributed by atoms with Crippen LogP contribution >= 0.6 is 0 Å². The van der Waals surface area contributed by atoms with Crippen molar-refractivity contribution in [2.45, 2.75) is 20.0 Å². The highest BCUT2D eigenvalue weighted by Crippen LogP contribution is 2.21. The molecule has 0 aromatic rings. The summed E-state index contributed by atoms with van der Waals surface area (Å²) in [6.07, 6.45) is 3.27. The van der Waals surface area contributed by atoms with Gasteiger partial charge in [-0.15, -0.1) is 0 Å². The Bertz CT molecular complexity index is 379. The smallest absolute Gasteiger partial charge is 0.328 e. The first-order chi connectivity index (χ1) is 8.13. The van der Waals surface area contributed by atoms with Crippen LogP contribution in [0.4, 0.5) is 0 Å². The SMILES string of the molecule is CCOC1=CC(=[N+]=[N-])C(OCC)C=C1N(C)C. The molecule has 0 saturated carbocycles. The fraction of sp³-hybridized carbons (Fsp3) is 0.583. The third kappa shape index (κ3) is 3.19. The van der Waals surface area contributed by atoms with E-state index in [0.29, 0.717) is 24.7 Å². The van der Waals surface area contributed by atoms with Crippen molar-refractivity contribution in [3.05, 3.63) is 29.1 Å². The van der Waals surface area contributed by atoms with Crippen LogP contribution < -0.4 is 0 Å². The summed E-state index contributed by atoms with van der Waals surface area (Å²) in [6, 6.07) is 0. The van der Waals surface area contributed by atoms with Gasteiger partial charge in [-0.2, -0.15) is 4.79 Å². The summed E-state index contributed by atoms with van der Waals surface area (Å²) in [7, 11) is 3.87. The van der Waals surface area contributed by atoms with Crippen LogP contribution in [0.2, 0.25) is 0 Å². The zero-order valence-electron chi connectivity index (χ0n) is 10.8. The Morgan fingerprint density at radius 2 is 2.06 bits per heavy atom. The largest absolute Gasteiger partial charge is 0.491 e. The van der Waals surface area contributed by atoms with Crippen LogP contribution in [0.1, 0.15) is 13.8 Å². The molecule has 0 aliphatic heterocycles. The number of nitrogens with zero attached hydrogens (tertiary/aromatic N) is 3. The molecular formula is C12H19N3O2. The van der Waals surface area contributed by atoms with Crippen LogP contribution in [-0.2, 0) is 9.47 Å². The van der Waals surface area contributed by atoms with Crippen molar-refractivity contribution in [3.8, 4) is 0 Å². The zero-order chi connectivity index (χ0) is 12.8. The number of rotatable bonds is 5. The van der Waals surface area contributed by atoms with E-state index in [1.54, 1.807) is 6.08 Å². The van der Waals surface area contributed by atoms with Crippen LogP contribution in [0.25, 0.3) is 5.53 Å². The van der Waals surface area contributed by atoms with E-state index in [4.69, 9.17) is 15.0 Å². The van der Waals surface area contributed by atoms with E-state index in [0.717, 1.165) is 5.70 Å². The molecular weight excluding hydrogens is 218 g/mol. The van der Waals surface area contributed by atoms with Gasteiger partial charge in [0, 0.05) is 20.7 Å². The highest BCUT2D eigenvalue weighted by Gasteiger charge is 2.29. The molecule has 0 saturated heterocycles. The Kier molecular flexibility index (Phi) is 4.94. The molecule has 0 bridgehead atoms. The van der Waals surface area contributed by atoms with Gasteiger partial charge in [0.25, 0.3) is 0 Å². The first kappa shape index (κ1) is 13.5. The predicted octanol–water partition coefficient (Wildman–Crippen LogP) is 1.44. The first-order valence-electron chi connectivity index (χ1n) is 5.71. The fourth-order valence-corrected chi connectivity index (χ4v) is 1.64. The summed E-state index contributed by atoms with van der Waals surface area (Å²) in [5.41, 5.74) is 10.4. The molecule has 0 amide bonds. The topological polar surface area (TPSA) is 58.1 Å². The lowest BCUT2D eigenvalue weighted by Gasteiger charge is -2.24. The summed E-state index contributed by atoms with van der Waals surface area (Å²) in [5.74, 6) is 0.696. The molecule has 94 valence electrons. The van der Waals surface area contributed by atoms with E-state index in [2.05, 4.69) is 4.79 Å². The normalized spacial score (nSPS) is 19.3. The molecule has 5 nitrogen and oxygen atoms in total. The van der Waals surface area contributed by atoms with Crippen molar-refractivity contribution in [1.29, 1.82) is 0 Å². The Labute approximate surface area is 102 Å². The Hall–Kier alpha value is -1.58. The molecule has 1 aliphatic rings. The second-order valence-electron chi connectivity index (χ2n) is 3.79. The maximum Gasteiger partial charge on any atom is 0.328 e. The summed E-state index contributed by atoms with van der Waals surface area (Å²) >= 11 is 0. The van der Waals surface area contributed by atoms with Crippen molar-refractivity contribution < 1.29 is 14.3 Å². The number of hydrogen-bond donors (Lipinski definition) is 0. The minimum atomic E-state index is -0.327. The quantitative estimate of drug-likeness (QED) is 0.537. The van der Waals surface area contributed by atoms with Gasteiger partial charge >= 0.3 is 5.71 Å². The van der Waals surface area contributed by atoms with Crippen molar-refractivity contribution in [3.63, 3.8) is 0 Å². The lowest BCUT2D eigenvalue weighted by Crippen LogP contribution is -2.30. The molecule has 0 heterocycles. The van der Waals surface area contributed by atoms with E-state index in [1.807, 2.05) is 38.9 Å². The second kappa shape index (κ2) is 6.23. The summed E-state index contributed by atoms with van der Waals surface area (Å²) in [4.78, 5) is 5.19. The standard InChI is InChI=1S/C12H19N3O2/c1-5-16-11-8-10(15(3)4)12(17-6-2)7-9(11)14-13/h7-8,11H,5-6H2,1-4H3. The van der Waals surface area contributed by atoms with Gasteiger partial charge in [0.05, 0.1) is 18.4 Å². The van der Waals surface area contributed by atoms with Gasteiger partial charge in [-0.05, 0) is 19.9 Å². The molecule has 1 atom stereocenters. The molecule has 1 unspecified atom stereocenters. The molecule has 0 aromatic heterocycles. The van der Waals surface area contributed by atoms with Gasteiger partial charge in [-0.25, -0.2) is 0 Å². The maximum absolute atomic E-state index is 8.96. The molecule has 5 heteroatoms. The molecule has 0 radical (unpaired) electrons. The van der Waals surface area contributed by atoms with Crippen molar-refractivity contribution >= 4 is 5.71 Å². The number of likely N-dealkylation sites (N-methyl/N-ethyl adjacent to an activating group) is 1. The average molecular weight is 237 g/mol. The monoisotopic (exact) mass is 237 g/mol. The highest BCUT2D eigenvalue weighted by molar-refractivity contribution is 5.97. The zero-order valence-corrected chi connectivity index (χ0v) is 10.8. The Morgan fingerprint density at radius 3 is 2.53 bits per heavy atom. The number of ether oxygens (including phenoxy) is 2. The van der Waals surface area contributed by atoms with Crippen LogP contribution in [-0.4, -0.2) is 48.8 Å². The van der Waals surface area contributed by atoms with Crippen LogP contribution in [0, 0.1) is 0 Å². The van der Waals surface area contributed by atoms with Crippen LogP contribution in [0.5, 0.6) is 0 Å². The summed E-state index contributed by atoms with van der Waals surface area (Å²) in [5, 5.41) is 0. The molecule has 0 N–H and O–H groups in total. The van der Waals surface area contributed by atoms with E-state index in [1.165, 1.54) is 0 Å². The Morgan fingerprint density at radius 1 is 1.35 bits per heavy atom. The minimum absolute atomic E-state index is 0.327. The van der Waals surface area contributed by atoms with Gasteiger partial charge < -0.3 is 19.9 Å². The van der Waals surface area contributed by atoms with Gasteiger partial charge in [0.1, 0.15) is 5.76 Å². The average Bonchev–Trinajstić information content (AvgIpc) is 2.30. The van der Waals surface area contributed by atoms with Crippen molar-refractivity contribution in [1.82, 2.24) is 4.90 Å². The molecule has 1 aliphatic carbocycles. The molecule has 0 aromatic carbocycles.